The zero-order valence-electron chi connectivity index (χ0n) is 20.7. The van der Waals surface area contributed by atoms with Crippen LogP contribution in [0.25, 0.3) is 28.1 Å². The van der Waals surface area contributed by atoms with Gasteiger partial charge in [-0.2, -0.15) is 5.26 Å². The van der Waals surface area contributed by atoms with Crippen LogP contribution >= 0.6 is 0 Å². The van der Waals surface area contributed by atoms with Crippen molar-refractivity contribution in [1.82, 2.24) is 9.29 Å². The highest BCUT2D eigenvalue weighted by Crippen LogP contribution is 2.29. The lowest BCUT2D eigenvalue weighted by Crippen LogP contribution is -2.56. The molecule has 1 aromatic heterocycles. The molecular weight excluding hydrogens is 496 g/mol. The summed E-state index contributed by atoms with van der Waals surface area (Å²) in [6.07, 6.45) is -4.00. The lowest BCUT2D eigenvalue weighted by Gasteiger charge is -2.35. The van der Waals surface area contributed by atoms with Crippen molar-refractivity contribution in [2.45, 2.75) is 24.4 Å². The fourth-order valence-electron chi connectivity index (χ4n) is 4.25. The lowest BCUT2D eigenvalue weighted by molar-refractivity contribution is -0.184. The number of benzene rings is 2. The first-order valence-electron chi connectivity index (χ1n) is 11.7. The standard InChI is InChI=1S/C26H30N4O6S/c1-29(2)19-7-6-16-10-18(5-4-17(16)11-19)22-9-8-20(30(22)3)12-21(13-27)37(34,35)28-14-24-26(33)25(32)23(31)15-36-24/h4-12,23-26,28,31-33H,14-15H2,1-3H3/b21-12+/t23-,24+,25+,26+/m0/s1. The normalized spacial score (nSPS) is 22.7. The number of allylic oxidation sites excluding steroid dienone is 1. The molecule has 4 N–H and O–H groups in total. The molecule has 37 heavy (non-hydrogen) atoms. The molecule has 10 nitrogen and oxygen atoms in total. The topological polar surface area (TPSA) is 148 Å². The van der Waals surface area contributed by atoms with Crippen LogP contribution in [0.3, 0.4) is 0 Å². The summed E-state index contributed by atoms with van der Waals surface area (Å²) in [5.74, 6) is 0. The Hall–Kier alpha value is -3.24. The van der Waals surface area contributed by atoms with Crippen LogP contribution in [0.1, 0.15) is 5.69 Å². The Morgan fingerprint density at radius 2 is 1.84 bits per heavy atom. The third-order valence-corrected chi connectivity index (χ3v) is 7.89. The molecule has 3 aromatic rings. The number of aromatic nitrogens is 1. The lowest BCUT2D eigenvalue weighted by atomic mass is 10.0. The Balaban J connectivity index is 1.55. The van der Waals surface area contributed by atoms with Crippen molar-refractivity contribution in [2.24, 2.45) is 7.05 Å². The van der Waals surface area contributed by atoms with E-state index in [1.54, 1.807) is 23.8 Å². The zero-order valence-corrected chi connectivity index (χ0v) is 21.6. The quantitative estimate of drug-likeness (QED) is 0.336. The zero-order chi connectivity index (χ0) is 26.9. The van der Waals surface area contributed by atoms with Crippen molar-refractivity contribution in [1.29, 1.82) is 5.26 Å². The van der Waals surface area contributed by atoms with Gasteiger partial charge in [-0.15, -0.1) is 0 Å². The average Bonchev–Trinajstić information content (AvgIpc) is 3.24. The number of ether oxygens (including phenoxy) is 1. The molecular formula is C26H30N4O6S. The first-order chi connectivity index (χ1) is 17.5. The molecule has 4 rings (SSSR count). The molecule has 1 aliphatic heterocycles. The molecule has 11 heteroatoms. The first kappa shape index (κ1) is 26.8. The van der Waals surface area contributed by atoms with E-state index in [1.165, 1.54) is 6.08 Å². The smallest absolute Gasteiger partial charge is 0.250 e. The summed E-state index contributed by atoms with van der Waals surface area (Å²) in [5.41, 5.74) is 3.39. The minimum Gasteiger partial charge on any atom is -0.388 e. The summed E-state index contributed by atoms with van der Waals surface area (Å²) >= 11 is 0. The van der Waals surface area contributed by atoms with Crippen LogP contribution in [-0.4, -0.2) is 80.0 Å². The number of anilines is 1. The molecule has 196 valence electrons. The van der Waals surface area contributed by atoms with E-state index in [2.05, 4.69) is 22.9 Å². The molecule has 0 spiro atoms. The van der Waals surface area contributed by atoms with E-state index in [9.17, 15) is 29.0 Å². The highest BCUT2D eigenvalue weighted by molar-refractivity contribution is 7.93. The summed E-state index contributed by atoms with van der Waals surface area (Å²) in [6, 6.07) is 17.6. The number of nitriles is 1. The SMILES string of the molecule is CN(C)c1ccc2cc(-c3ccc(/C=C(\C#N)S(=O)(=O)NC[C@H]4OC[C@H](O)[C@@H](O)[C@@H]4O)n3C)ccc2c1. The molecule has 1 saturated heterocycles. The van der Waals surface area contributed by atoms with Crippen LogP contribution in [0.2, 0.25) is 0 Å². The molecule has 0 radical (unpaired) electrons. The van der Waals surface area contributed by atoms with Gasteiger partial charge in [-0.05, 0) is 52.7 Å². The molecule has 1 aliphatic rings. The van der Waals surface area contributed by atoms with Gasteiger partial charge in [0.25, 0.3) is 10.0 Å². The number of hydrogen-bond donors (Lipinski definition) is 4. The van der Waals surface area contributed by atoms with E-state index in [0.29, 0.717) is 5.69 Å². The number of aliphatic hydroxyl groups is 3. The maximum atomic E-state index is 12.8. The summed E-state index contributed by atoms with van der Waals surface area (Å²) in [5, 5.41) is 41.1. The number of nitrogens with one attached hydrogen (secondary N) is 1. The predicted molar refractivity (Wildman–Crippen MR) is 141 cm³/mol. The number of aliphatic hydroxyl groups excluding tert-OH is 3. The Morgan fingerprint density at radius 3 is 2.54 bits per heavy atom. The minimum atomic E-state index is -4.24. The van der Waals surface area contributed by atoms with E-state index in [0.717, 1.165) is 27.7 Å². The third-order valence-electron chi connectivity index (χ3n) is 6.56. The van der Waals surface area contributed by atoms with Gasteiger partial charge in [-0.25, -0.2) is 13.1 Å². The van der Waals surface area contributed by atoms with E-state index in [-0.39, 0.29) is 13.2 Å². The summed E-state index contributed by atoms with van der Waals surface area (Å²) in [4.78, 5) is 1.53. The largest absolute Gasteiger partial charge is 0.388 e. The van der Waals surface area contributed by atoms with Gasteiger partial charge >= 0.3 is 0 Å². The summed E-state index contributed by atoms with van der Waals surface area (Å²) in [6.45, 7) is -0.624. The monoisotopic (exact) mass is 526 g/mol. The predicted octanol–water partition coefficient (Wildman–Crippen LogP) is 1.18. The van der Waals surface area contributed by atoms with E-state index >= 15 is 0 Å². The molecule has 0 unspecified atom stereocenters. The summed E-state index contributed by atoms with van der Waals surface area (Å²) < 4.78 is 34.9. The van der Waals surface area contributed by atoms with Crippen LogP contribution in [0.5, 0.6) is 0 Å². The van der Waals surface area contributed by atoms with Crippen molar-refractivity contribution < 1.29 is 28.5 Å². The maximum Gasteiger partial charge on any atom is 0.250 e. The van der Waals surface area contributed by atoms with E-state index in [4.69, 9.17) is 4.74 Å². The van der Waals surface area contributed by atoms with Crippen LogP contribution in [0.4, 0.5) is 5.69 Å². The fourth-order valence-corrected chi connectivity index (χ4v) is 5.19. The van der Waals surface area contributed by atoms with Crippen molar-refractivity contribution in [3.8, 4) is 17.3 Å². The van der Waals surface area contributed by atoms with Crippen LogP contribution in [0, 0.1) is 11.3 Å². The van der Waals surface area contributed by atoms with Crippen molar-refractivity contribution in [3.63, 3.8) is 0 Å². The van der Waals surface area contributed by atoms with Gasteiger partial charge in [0.2, 0.25) is 0 Å². The minimum absolute atomic E-state index is 0.247. The molecule has 0 amide bonds. The van der Waals surface area contributed by atoms with E-state index in [1.807, 2.05) is 43.3 Å². The Kier molecular flexibility index (Phi) is 7.70. The van der Waals surface area contributed by atoms with Gasteiger partial charge in [-0.1, -0.05) is 18.2 Å². The molecule has 2 aromatic carbocycles. The first-order valence-corrected chi connectivity index (χ1v) is 13.1. The van der Waals surface area contributed by atoms with Gasteiger partial charge in [-0.3, -0.25) is 0 Å². The van der Waals surface area contributed by atoms with Gasteiger partial charge in [0.15, 0.2) is 4.91 Å². The molecule has 0 bridgehead atoms. The van der Waals surface area contributed by atoms with Gasteiger partial charge in [0.05, 0.1) is 12.7 Å². The number of rotatable bonds is 7. The van der Waals surface area contributed by atoms with Crippen LogP contribution < -0.4 is 9.62 Å². The number of fused-ring (bicyclic) bond motifs is 1. The molecule has 2 heterocycles. The Morgan fingerprint density at radius 1 is 1.14 bits per heavy atom. The Bertz CT molecular complexity index is 1470. The van der Waals surface area contributed by atoms with Crippen LogP contribution in [0.15, 0.2) is 53.4 Å². The second-order valence-electron chi connectivity index (χ2n) is 9.24. The van der Waals surface area contributed by atoms with Gasteiger partial charge in [0, 0.05) is 44.8 Å². The van der Waals surface area contributed by atoms with Crippen molar-refractivity contribution in [3.05, 3.63) is 59.1 Å². The Labute approximate surface area is 215 Å². The highest BCUT2D eigenvalue weighted by atomic mass is 32.2. The maximum absolute atomic E-state index is 12.8. The average molecular weight is 527 g/mol. The van der Waals surface area contributed by atoms with Gasteiger partial charge in [0.1, 0.15) is 24.4 Å². The number of hydrogen-bond acceptors (Lipinski definition) is 8. The second-order valence-corrected chi connectivity index (χ2v) is 11.0. The molecule has 0 saturated carbocycles. The number of nitrogens with zero attached hydrogens (tertiary/aromatic N) is 3. The van der Waals surface area contributed by atoms with E-state index < -0.39 is 39.3 Å². The van der Waals surface area contributed by atoms with Crippen LogP contribution in [-0.2, 0) is 21.8 Å². The third kappa shape index (κ3) is 5.55. The number of sulfonamides is 1. The summed E-state index contributed by atoms with van der Waals surface area (Å²) in [7, 11) is 1.52. The van der Waals surface area contributed by atoms with Crippen molar-refractivity contribution >= 4 is 32.6 Å². The molecule has 1 fully saturated rings. The van der Waals surface area contributed by atoms with Crippen molar-refractivity contribution in [2.75, 3.05) is 32.1 Å². The highest BCUT2D eigenvalue weighted by Gasteiger charge is 2.38. The second kappa shape index (κ2) is 10.6. The fraction of sp³-hybridized carbons (Fsp3) is 0.346. The van der Waals surface area contributed by atoms with Gasteiger partial charge < -0.3 is 29.5 Å². The molecule has 0 aliphatic carbocycles. The molecule has 4 atom stereocenters.